The summed E-state index contributed by atoms with van der Waals surface area (Å²) in [6.07, 6.45) is 0.922. The molecule has 0 saturated carbocycles. The Kier molecular flexibility index (Phi) is 4.71. The van der Waals surface area contributed by atoms with Crippen molar-refractivity contribution < 1.29 is 14.3 Å². The van der Waals surface area contributed by atoms with Crippen molar-refractivity contribution in [3.63, 3.8) is 0 Å². The van der Waals surface area contributed by atoms with Gasteiger partial charge in [-0.15, -0.1) is 0 Å². The zero-order valence-corrected chi connectivity index (χ0v) is 9.07. The second kappa shape index (κ2) is 5.82. The van der Waals surface area contributed by atoms with Crippen molar-refractivity contribution in [3.8, 4) is 0 Å². The van der Waals surface area contributed by atoms with Gasteiger partial charge >= 0.3 is 0 Å². The number of ether oxygens (including phenoxy) is 1. The summed E-state index contributed by atoms with van der Waals surface area (Å²) in [5, 5.41) is 0. The number of rotatable bonds is 5. The summed E-state index contributed by atoms with van der Waals surface area (Å²) in [5.41, 5.74) is 5.25. The molecule has 0 unspecified atom stereocenters. The molecule has 15 heavy (non-hydrogen) atoms. The van der Waals surface area contributed by atoms with Crippen molar-refractivity contribution >= 4 is 11.8 Å². The van der Waals surface area contributed by atoms with Crippen LogP contribution in [0.25, 0.3) is 0 Å². The van der Waals surface area contributed by atoms with Crippen LogP contribution in [-0.2, 0) is 14.3 Å². The highest BCUT2D eigenvalue weighted by Gasteiger charge is 2.29. The minimum absolute atomic E-state index is 0.0879. The van der Waals surface area contributed by atoms with Gasteiger partial charge in [0.05, 0.1) is 19.8 Å². The molecule has 5 heteroatoms. The molecule has 0 atom stereocenters. The van der Waals surface area contributed by atoms with Crippen LogP contribution in [0.4, 0.5) is 0 Å². The molecular formula is C10H18N2O3. The molecule has 0 aliphatic carbocycles. The summed E-state index contributed by atoms with van der Waals surface area (Å²) < 4.78 is 5.14. The van der Waals surface area contributed by atoms with Crippen LogP contribution in [0.1, 0.15) is 19.8 Å². The van der Waals surface area contributed by atoms with Crippen LogP contribution in [0, 0.1) is 5.92 Å². The first kappa shape index (κ1) is 12.1. The monoisotopic (exact) mass is 214 g/mol. The molecule has 0 aromatic heterocycles. The number of carbonyl (C=O) groups is 2. The lowest BCUT2D eigenvalue weighted by Crippen LogP contribution is -2.44. The number of imide groups is 1. The van der Waals surface area contributed by atoms with Crippen LogP contribution < -0.4 is 5.73 Å². The number of likely N-dealkylation sites (tertiary alicyclic amines) is 1. The van der Waals surface area contributed by atoms with Crippen molar-refractivity contribution in [1.29, 1.82) is 0 Å². The Morgan fingerprint density at radius 2 is 1.93 bits per heavy atom. The fourth-order valence-corrected chi connectivity index (χ4v) is 1.62. The maximum absolute atomic E-state index is 11.5. The summed E-state index contributed by atoms with van der Waals surface area (Å²) in [5.74, 6) is -0.00333. The number of amides is 2. The van der Waals surface area contributed by atoms with E-state index in [1.165, 1.54) is 4.90 Å². The highest BCUT2D eigenvalue weighted by atomic mass is 16.5. The minimum atomic E-state index is -0.0879. The topological polar surface area (TPSA) is 72.6 Å². The fraction of sp³-hybridized carbons (Fsp3) is 0.800. The zero-order chi connectivity index (χ0) is 11.3. The average Bonchev–Trinajstić information content (AvgIpc) is 2.15. The second-order valence-corrected chi connectivity index (χ2v) is 3.85. The van der Waals surface area contributed by atoms with Crippen molar-refractivity contribution in [2.75, 3.05) is 26.3 Å². The van der Waals surface area contributed by atoms with Gasteiger partial charge in [0.2, 0.25) is 11.8 Å². The largest absolute Gasteiger partial charge is 0.378 e. The summed E-state index contributed by atoms with van der Waals surface area (Å²) in [6, 6.07) is 0. The standard InChI is InChI=1S/C10H18N2O3/c1-8-6-9(13)12(10(14)7-8)3-5-15-4-2-11/h8H,2-7,11H2,1H3. The van der Waals surface area contributed by atoms with Crippen molar-refractivity contribution in [1.82, 2.24) is 4.90 Å². The molecule has 5 nitrogen and oxygen atoms in total. The van der Waals surface area contributed by atoms with E-state index in [2.05, 4.69) is 0 Å². The molecule has 1 rings (SSSR count). The highest BCUT2D eigenvalue weighted by Crippen LogP contribution is 2.18. The summed E-state index contributed by atoms with van der Waals surface area (Å²) in [6.45, 7) is 3.57. The molecule has 1 aliphatic rings. The van der Waals surface area contributed by atoms with E-state index in [0.29, 0.717) is 39.1 Å². The molecule has 1 saturated heterocycles. The normalized spacial score (nSPS) is 18.7. The molecule has 2 N–H and O–H groups in total. The molecule has 1 fully saturated rings. The maximum atomic E-state index is 11.5. The van der Waals surface area contributed by atoms with E-state index >= 15 is 0 Å². The average molecular weight is 214 g/mol. The first-order valence-corrected chi connectivity index (χ1v) is 5.26. The van der Waals surface area contributed by atoms with Gasteiger partial charge in [-0.25, -0.2) is 0 Å². The van der Waals surface area contributed by atoms with Crippen LogP contribution in [0.2, 0.25) is 0 Å². The smallest absolute Gasteiger partial charge is 0.229 e. The molecule has 1 aliphatic heterocycles. The molecule has 1 heterocycles. The van der Waals surface area contributed by atoms with E-state index in [1.54, 1.807) is 0 Å². The number of hydrogen-bond acceptors (Lipinski definition) is 4. The third-order valence-electron chi connectivity index (χ3n) is 2.37. The molecule has 0 aromatic carbocycles. The number of nitrogens with zero attached hydrogens (tertiary/aromatic N) is 1. The van der Waals surface area contributed by atoms with E-state index in [9.17, 15) is 9.59 Å². The Hall–Kier alpha value is -0.940. The molecule has 0 aromatic rings. The SMILES string of the molecule is CC1CC(=O)N(CCOCCN)C(=O)C1. The third-order valence-corrected chi connectivity index (χ3v) is 2.37. The van der Waals surface area contributed by atoms with E-state index < -0.39 is 0 Å². The lowest BCUT2D eigenvalue weighted by Gasteiger charge is -2.28. The van der Waals surface area contributed by atoms with Crippen LogP contribution in [-0.4, -0.2) is 43.0 Å². The van der Waals surface area contributed by atoms with Gasteiger partial charge in [-0.2, -0.15) is 0 Å². The molecule has 86 valence electrons. The van der Waals surface area contributed by atoms with Gasteiger partial charge in [0.25, 0.3) is 0 Å². The van der Waals surface area contributed by atoms with Crippen LogP contribution in [0.3, 0.4) is 0 Å². The first-order valence-electron chi connectivity index (χ1n) is 5.26. The lowest BCUT2D eigenvalue weighted by molar-refractivity contribution is -0.150. The van der Waals surface area contributed by atoms with Gasteiger partial charge in [-0.3, -0.25) is 14.5 Å². The Morgan fingerprint density at radius 1 is 1.33 bits per heavy atom. The number of piperidine rings is 1. The molecular weight excluding hydrogens is 196 g/mol. The lowest BCUT2D eigenvalue weighted by atomic mass is 9.98. The fourth-order valence-electron chi connectivity index (χ4n) is 1.62. The number of nitrogens with two attached hydrogens (primary N) is 1. The summed E-state index contributed by atoms with van der Waals surface area (Å²) >= 11 is 0. The minimum Gasteiger partial charge on any atom is -0.378 e. The van der Waals surface area contributed by atoms with Crippen LogP contribution >= 0.6 is 0 Å². The van der Waals surface area contributed by atoms with E-state index in [4.69, 9.17) is 10.5 Å². The van der Waals surface area contributed by atoms with Crippen molar-refractivity contribution in [2.45, 2.75) is 19.8 Å². The van der Waals surface area contributed by atoms with Crippen molar-refractivity contribution in [2.24, 2.45) is 11.7 Å². The van der Waals surface area contributed by atoms with Crippen molar-refractivity contribution in [3.05, 3.63) is 0 Å². The van der Waals surface area contributed by atoms with Crippen LogP contribution in [0.5, 0.6) is 0 Å². The molecule has 0 radical (unpaired) electrons. The summed E-state index contributed by atoms with van der Waals surface area (Å²) in [7, 11) is 0. The number of hydrogen-bond donors (Lipinski definition) is 1. The third kappa shape index (κ3) is 3.60. The predicted molar refractivity (Wildman–Crippen MR) is 55.0 cm³/mol. The van der Waals surface area contributed by atoms with Gasteiger partial charge < -0.3 is 10.5 Å². The van der Waals surface area contributed by atoms with E-state index in [0.717, 1.165) is 0 Å². The first-order chi connectivity index (χ1) is 7.15. The Labute approximate surface area is 89.6 Å². The summed E-state index contributed by atoms with van der Waals surface area (Å²) in [4.78, 5) is 24.3. The Bertz CT molecular complexity index is 225. The maximum Gasteiger partial charge on any atom is 0.229 e. The molecule has 0 bridgehead atoms. The zero-order valence-electron chi connectivity index (χ0n) is 9.07. The second-order valence-electron chi connectivity index (χ2n) is 3.85. The molecule has 0 spiro atoms. The van der Waals surface area contributed by atoms with Gasteiger partial charge in [-0.05, 0) is 5.92 Å². The Balaban J connectivity index is 2.33. The van der Waals surface area contributed by atoms with Gasteiger partial charge in [0, 0.05) is 19.4 Å². The van der Waals surface area contributed by atoms with Gasteiger partial charge in [0.1, 0.15) is 0 Å². The quantitative estimate of drug-likeness (QED) is 0.506. The highest BCUT2D eigenvalue weighted by molar-refractivity contribution is 5.97. The van der Waals surface area contributed by atoms with Gasteiger partial charge in [-0.1, -0.05) is 6.92 Å². The Morgan fingerprint density at radius 3 is 2.47 bits per heavy atom. The van der Waals surface area contributed by atoms with Gasteiger partial charge in [0.15, 0.2) is 0 Å². The van der Waals surface area contributed by atoms with E-state index in [-0.39, 0.29) is 17.7 Å². The number of carbonyl (C=O) groups excluding carboxylic acids is 2. The van der Waals surface area contributed by atoms with Crippen LogP contribution in [0.15, 0.2) is 0 Å². The molecule has 2 amide bonds. The predicted octanol–water partition coefficient (Wildman–Crippen LogP) is -0.253. The van der Waals surface area contributed by atoms with E-state index in [1.807, 2.05) is 6.92 Å².